The van der Waals surface area contributed by atoms with Crippen molar-refractivity contribution < 1.29 is 23.1 Å². The molecule has 0 aliphatic carbocycles. The van der Waals surface area contributed by atoms with E-state index in [-0.39, 0.29) is 15.5 Å². The van der Waals surface area contributed by atoms with E-state index in [2.05, 4.69) is 5.32 Å². The van der Waals surface area contributed by atoms with E-state index in [4.69, 9.17) is 5.11 Å². The first-order valence-electron chi connectivity index (χ1n) is 5.85. The predicted octanol–water partition coefficient (Wildman–Crippen LogP) is 1.52. The van der Waals surface area contributed by atoms with Crippen molar-refractivity contribution in [3.8, 4) is 0 Å². The molecule has 6 nitrogen and oxygen atoms in total. The number of aliphatic carboxylic acids is 1. The van der Waals surface area contributed by atoms with Crippen molar-refractivity contribution in [3.63, 3.8) is 0 Å². The minimum absolute atomic E-state index is 0.0493. The van der Waals surface area contributed by atoms with Crippen LogP contribution in [-0.4, -0.2) is 37.2 Å². The maximum Gasteiger partial charge on any atom is 0.303 e. The van der Waals surface area contributed by atoms with Crippen LogP contribution in [0.1, 0.15) is 36.4 Å². The van der Waals surface area contributed by atoms with E-state index >= 15 is 0 Å². The molecule has 1 heterocycles. The number of hydrogen-bond donors (Lipinski definition) is 2. The normalized spacial score (nSPS) is 12.2. The van der Waals surface area contributed by atoms with E-state index in [1.807, 2.05) is 0 Å². The van der Waals surface area contributed by atoms with Crippen LogP contribution in [0.4, 0.5) is 0 Å². The summed E-state index contributed by atoms with van der Waals surface area (Å²) in [6.45, 7) is 3.44. The Labute approximate surface area is 121 Å². The summed E-state index contributed by atoms with van der Waals surface area (Å²) in [5.41, 5.74) is -0.676. The lowest BCUT2D eigenvalue weighted by Gasteiger charge is -2.25. The standard InChI is InChI=1S/C12H17NO5S2/c1-12(2,7-6-9(14)15)13-11(16)8-4-5-10(19-8)20(3,17)18/h4-5H,6-7H2,1-3H3,(H,13,16)(H,14,15). The number of carboxylic acid groups (broad SMARTS) is 1. The van der Waals surface area contributed by atoms with Gasteiger partial charge in [0.25, 0.3) is 5.91 Å². The van der Waals surface area contributed by atoms with Gasteiger partial charge in [-0.3, -0.25) is 9.59 Å². The van der Waals surface area contributed by atoms with E-state index in [0.29, 0.717) is 6.42 Å². The number of carbonyl (C=O) groups is 2. The predicted molar refractivity (Wildman–Crippen MR) is 75.8 cm³/mol. The van der Waals surface area contributed by atoms with Crippen LogP contribution in [-0.2, 0) is 14.6 Å². The lowest BCUT2D eigenvalue weighted by atomic mass is 9.98. The highest BCUT2D eigenvalue weighted by atomic mass is 32.2. The molecule has 0 aromatic carbocycles. The van der Waals surface area contributed by atoms with Crippen molar-refractivity contribution in [2.75, 3.05) is 6.26 Å². The van der Waals surface area contributed by atoms with Gasteiger partial charge in [-0.25, -0.2) is 8.42 Å². The molecule has 112 valence electrons. The quantitative estimate of drug-likeness (QED) is 0.828. The summed E-state index contributed by atoms with van der Waals surface area (Å²) in [5, 5.41) is 11.3. The molecular weight excluding hydrogens is 302 g/mol. The van der Waals surface area contributed by atoms with Gasteiger partial charge in [-0.05, 0) is 32.4 Å². The molecule has 0 aliphatic heterocycles. The second-order valence-electron chi connectivity index (χ2n) is 5.12. The zero-order valence-corrected chi connectivity index (χ0v) is 13.1. The average molecular weight is 319 g/mol. The van der Waals surface area contributed by atoms with Gasteiger partial charge < -0.3 is 10.4 Å². The van der Waals surface area contributed by atoms with Crippen molar-refractivity contribution in [3.05, 3.63) is 17.0 Å². The van der Waals surface area contributed by atoms with Crippen LogP contribution in [0.2, 0.25) is 0 Å². The second kappa shape index (κ2) is 5.92. The third kappa shape index (κ3) is 4.93. The first kappa shape index (κ1) is 16.6. The van der Waals surface area contributed by atoms with Crippen LogP contribution < -0.4 is 5.32 Å². The van der Waals surface area contributed by atoms with Crippen molar-refractivity contribution in [1.29, 1.82) is 0 Å². The van der Waals surface area contributed by atoms with Gasteiger partial charge in [0, 0.05) is 18.2 Å². The third-order valence-corrected chi connectivity index (χ3v) is 5.49. The summed E-state index contributed by atoms with van der Waals surface area (Å²) < 4.78 is 22.8. The summed E-state index contributed by atoms with van der Waals surface area (Å²) >= 11 is 0.897. The molecule has 0 fully saturated rings. The molecule has 0 atom stereocenters. The molecule has 1 rings (SSSR count). The van der Waals surface area contributed by atoms with Crippen LogP contribution in [0.3, 0.4) is 0 Å². The molecule has 0 spiro atoms. The summed E-state index contributed by atoms with van der Waals surface area (Å²) in [7, 11) is -3.32. The molecule has 1 aromatic rings. The molecule has 1 aromatic heterocycles. The van der Waals surface area contributed by atoms with Crippen LogP contribution in [0, 0.1) is 0 Å². The Morgan fingerprint density at radius 2 is 1.95 bits per heavy atom. The van der Waals surface area contributed by atoms with Crippen molar-refractivity contribution in [2.24, 2.45) is 0 Å². The van der Waals surface area contributed by atoms with Gasteiger partial charge >= 0.3 is 5.97 Å². The number of thiophene rings is 1. The number of sulfone groups is 1. The zero-order valence-electron chi connectivity index (χ0n) is 11.5. The van der Waals surface area contributed by atoms with E-state index in [9.17, 15) is 18.0 Å². The highest BCUT2D eigenvalue weighted by Gasteiger charge is 2.23. The monoisotopic (exact) mass is 319 g/mol. The highest BCUT2D eigenvalue weighted by Crippen LogP contribution is 2.22. The fraction of sp³-hybridized carbons (Fsp3) is 0.500. The van der Waals surface area contributed by atoms with Gasteiger partial charge in [0.2, 0.25) is 0 Å². The molecule has 0 bridgehead atoms. The molecule has 0 aliphatic rings. The molecule has 2 N–H and O–H groups in total. The number of carbonyl (C=O) groups excluding carboxylic acids is 1. The number of nitrogens with one attached hydrogen (secondary N) is 1. The van der Waals surface area contributed by atoms with Gasteiger partial charge in [0.1, 0.15) is 4.21 Å². The molecule has 1 amide bonds. The minimum atomic E-state index is -3.32. The minimum Gasteiger partial charge on any atom is -0.481 e. The maximum absolute atomic E-state index is 12.0. The molecule has 20 heavy (non-hydrogen) atoms. The molecule has 8 heteroatoms. The first-order chi connectivity index (χ1) is 9.01. The van der Waals surface area contributed by atoms with Crippen molar-refractivity contribution in [1.82, 2.24) is 5.32 Å². The fourth-order valence-electron chi connectivity index (χ4n) is 1.49. The van der Waals surface area contributed by atoms with Crippen LogP contribution >= 0.6 is 11.3 Å². The van der Waals surface area contributed by atoms with Crippen molar-refractivity contribution >= 4 is 33.1 Å². The summed E-state index contributed by atoms with van der Waals surface area (Å²) in [6.07, 6.45) is 1.32. The summed E-state index contributed by atoms with van der Waals surface area (Å²) in [4.78, 5) is 22.8. The molecule has 0 saturated heterocycles. The van der Waals surface area contributed by atoms with Gasteiger partial charge in [0.05, 0.1) is 4.88 Å². The fourth-order valence-corrected chi connectivity index (χ4v) is 3.32. The summed E-state index contributed by atoms with van der Waals surface area (Å²) in [5.74, 6) is -1.33. The van der Waals surface area contributed by atoms with Crippen molar-refractivity contribution in [2.45, 2.75) is 36.4 Å². The van der Waals surface area contributed by atoms with Gasteiger partial charge in [-0.1, -0.05) is 0 Å². The Hall–Kier alpha value is -1.41. The number of hydrogen-bond acceptors (Lipinski definition) is 5. The van der Waals surface area contributed by atoms with E-state index < -0.39 is 27.3 Å². The van der Waals surface area contributed by atoms with Gasteiger partial charge in [-0.2, -0.15) is 0 Å². The van der Waals surface area contributed by atoms with Crippen LogP contribution in [0.5, 0.6) is 0 Å². The zero-order chi connectivity index (χ0) is 15.6. The average Bonchev–Trinajstić information content (AvgIpc) is 2.74. The summed E-state index contributed by atoms with van der Waals surface area (Å²) in [6, 6.07) is 2.84. The molecule has 0 unspecified atom stereocenters. The Kier molecular flexibility index (Phi) is 4.93. The number of carboxylic acids is 1. The smallest absolute Gasteiger partial charge is 0.303 e. The Balaban J connectivity index is 2.76. The lowest BCUT2D eigenvalue weighted by Crippen LogP contribution is -2.43. The van der Waals surface area contributed by atoms with Gasteiger partial charge in [0.15, 0.2) is 9.84 Å². The molecule has 0 saturated carbocycles. The van der Waals surface area contributed by atoms with Crippen LogP contribution in [0.15, 0.2) is 16.3 Å². The Morgan fingerprint density at radius 1 is 1.35 bits per heavy atom. The maximum atomic E-state index is 12.0. The topological polar surface area (TPSA) is 101 Å². The second-order valence-corrected chi connectivity index (χ2v) is 8.45. The van der Waals surface area contributed by atoms with E-state index in [1.165, 1.54) is 12.1 Å². The number of rotatable bonds is 6. The first-order valence-corrected chi connectivity index (χ1v) is 8.56. The Bertz CT molecular complexity index is 616. The third-order valence-electron chi connectivity index (χ3n) is 2.59. The lowest BCUT2D eigenvalue weighted by molar-refractivity contribution is -0.137. The van der Waals surface area contributed by atoms with Gasteiger partial charge in [-0.15, -0.1) is 11.3 Å². The number of amides is 1. The Morgan fingerprint density at radius 3 is 2.40 bits per heavy atom. The highest BCUT2D eigenvalue weighted by molar-refractivity contribution is 7.92. The molecular formula is C12H17NO5S2. The molecule has 0 radical (unpaired) electrons. The van der Waals surface area contributed by atoms with E-state index in [0.717, 1.165) is 17.6 Å². The SMILES string of the molecule is CC(C)(CCC(=O)O)NC(=O)c1ccc(S(C)(=O)=O)s1. The van der Waals surface area contributed by atoms with E-state index in [1.54, 1.807) is 13.8 Å². The van der Waals surface area contributed by atoms with Crippen LogP contribution in [0.25, 0.3) is 0 Å². The largest absolute Gasteiger partial charge is 0.481 e.